The van der Waals surface area contributed by atoms with Crippen molar-refractivity contribution in [2.75, 3.05) is 19.7 Å². The van der Waals surface area contributed by atoms with Crippen molar-refractivity contribution in [3.05, 3.63) is 37.2 Å². The molecule has 4 N–H and O–H groups in total. The van der Waals surface area contributed by atoms with E-state index in [0.29, 0.717) is 29.2 Å². The van der Waals surface area contributed by atoms with Gasteiger partial charge < -0.3 is 30.7 Å². The molecule has 0 rings (SSSR count). The van der Waals surface area contributed by atoms with Crippen LogP contribution in [0.3, 0.4) is 0 Å². The minimum Gasteiger partial charge on any atom is -0.479 e. The molecular weight excluding hydrogens is 629 g/mol. The highest BCUT2D eigenvalue weighted by Gasteiger charge is 2.17. The molecule has 0 radical (unpaired) electrons. The van der Waals surface area contributed by atoms with E-state index in [9.17, 15) is 0 Å². The molecule has 0 spiro atoms. The lowest BCUT2D eigenvalue weighted by Gasteiger charge is -2.26. The molecule has 0 atom stereocenters. The minimum absolute atomic E-state index is 0. The number of allylic oxidation sites excluding steroid dienone is 1. The maximum Gasteiger partial charge on any atom is 0.179 e. The molecule has 6 heteroatoms. The normalized spacial score (nSPS) is 12.5. The van der Waals surface area contributed by atoms with Gasteiger partial charge in [0.2, 0.25) is 0 Å². The van der Waals surface area contributed by atoms with Crippen molar-refractivity contribution in [3.8, 4) is 0 Å². The van der Waals surface area contributed by atoms with Crippen LogP contribution >= 0.6 is 0 Å². The second-order valence-corrected chi connectivity index (χ2v) is 22.7. The Kier molecular flexibility index (Phi) is 27.3. The van der Waals surface area contributed by atoms with Gasteiger partial charge in [0.1, 0.15) is 5.60 Å². The zero-order chi connectivity index (χ0) is 41.2. The van der Waals surface area contributed by atoms with Crippen molar-refractivity contribution >= 4 is 0 Å². The van der Waals surface area contributed by atoms with Gasteiger partial charge >= 0.3 is 0 Å². The molecule has 0 heterocycles. The Morgan fingerprint density at radius 3 is 1.20 bits per heavy atom. The summed E-state index contributed by atoms with van der Waals surface area (Å²) in [6.45, 7) is 66.2. The van der Waals surface area contributed by atoms with E-state index < -0.39 is 0 Å². The van der Waals surface area contributed by atoms with E-state index in [4.69, 9.17) is 9.47 Å². The van der Waals surface area contributed by atoms with Crippen LogP contribution < -0.4 is 21.3 Å². The van der Waals surface area contributed by atoms with Gasteiger partial charge in [-0.15, -0.1) is 0 Å². The molecule has 0 aromatic rings. The SMILES string of the molecule is C.C=C(CCC(C)(C)C)NC(C)(C)C.C=C(NC(C)(C)C)OCC(C)(C)C.C=C(NCC(C)(C)C)OC(C)(C)C.CC(C)(C)CCNC(C)(C)C. The number of hydrogen-bond acceptors (Lipinski definition) is 6. The summed E-state index contributed by atoms with van der Waals surface area (Å²) in [5, 5.41) is 13.2. The van der Waals surface area contributed by atoms with Crippen molar-refractivity contribution in [3.63, 3.8) is 0 Å². The number of nitrogens with one attached hydrogen (secondary N) is 4. The average Bonchev–Trinajstić information content (AvgIpc) is 2.75. The molecular formula is C45H98N4O2. The highest BCUT2D eigenvalue weighted by atomic mass is 16.5. The third-order valence-corrected chi connectivity index (χ3v) is 5.70. The van der Waals surface area contributed by atoms with Crippen LogP contribution in [-0.4, -0.2) is 41.9 Å². The fraction of sp³-hybridized carbons (Fsp3) is 0.867. The van der Waals surface area contributed by atoms with Crippen LogP contribution in [0, 0.1) is 21.7 Å². The average molecular weight is 727 g/mol. The first-order chi connectivity index (χ1) is 21.5. The third kappa shape index (κ3) is 66.9. The number of ether oxygens (including phenoxy) is 2. The third-order valence-electron chi connectivity index (χ3n) is 5.70. The standard InChI is InChI=1S/C12H25N.2C11H23NO.C10H23N.CH4/c1-10(13-12(5,6)7)8-9-11(2,3)4;1-9(12-11(5,6)7)13-8-10(2,3)4;1-9(13-11(5,6)7)12-8-10(2,3)4;1-9(2,3)7-8-11-10(4,5)6;/h13H,1,8-9H2,2-7H3;2*12H,1,8H2,2-7H3;11H,7-8H2,1-6H3;1H4. The molecule has 310 valence electrons. The zero-order valence-corrected chi connectivity index (χ0v) is 38.7. The van der Waals surface area contributed by atoms with E-state index in [-0.39, 0.29) is 40.5 Å². The summed E-state index contributed by atoms with van der Waals surface area (Å²) < 4.78 is 11.0. The first-order valence-corrected chi connectivity index (χ1v) is 18.9. The van der Waals surface area contributed by atoms with E-state index >= 15 is 0 Å². The summed E-state index contributed by atoms with van der Waals surface area (Å²) in [6.07, 6.45) is 3.50. The van der Waals surface area contributed by atoms with Crippen molar-refractivity contribution in [1.82, 2.24) is 21.3 Å². The molecule has 0 aromatic heterocycles. The fourth-order valence-electron chi connectivity index (χ4n) is 3.46. The largest absolute Gasteiger partial charge is 0.479 e. The van der Waals surface area contributed by atoms with E-state index in [1.165, 1.54) is 12.8 Å². The highest BCUT2D eigenvalue weighted by Crippen LogP contribution is 2.23. The van der Waals surface area contributed by atoms with E-state index in [2.05, 4.69) is 186 Å². The minimum atomic E-state index is -0.165. The molecule has 0 saturated carbocycles. The highest BCUT2D eigenvalue weighted by molar-refractivity contribution is 4.96. The van der Waals surface area contributed by atoms with Gasteiger partial charge in [-0.25, -0.2) is 0 Å². The summed E-state index contributed by atoms with van der Waals surface area (Å²) in [4.78, 5) is 0. The topological polar surface area (TPSA) is 66.6 Å². The predicted molar refractivity (Wildman–Crippen MR) is 234 cm³/mol. The molecule has 0 aliphatic carbocycles. The van der Waals surface area contributed by atoms with Gasteiger partial charge in [0.15, 0.2) is 11.8 Å². The predicted octanol–water partition coefficient (Wildman–Crippen LogP) is 13.0. The summed E-state index contributed by atoms with van der Waals surface area (Å²) in [5.41, 5.74) is 2.73. The van der Waals surface area contributed by atoms with Gasteiger partial charge in [0, 0.05) is 28.9 Å². The van der Waals surface area contributed by atoms with E-state index in [0.717, 1.165) is 25.2 Å². The molecule has 0 aliphatic heterocycles. The number of rotatable bonds is 11. The summed E-state index contributed by atoms with van der Waals surface area (Å²) in [7, 11) is 0. The Labute approximate surface area is 323 Å². The van der Waals surface area contributed by atoms with Crippen molar-refractivity contribution in [2.45, 2.75) is 215 Å². The van der Waals surface area contributed by atoms with E-state index in [1.54, 1.807) is 0 Å². The molecule has 0 fully saturated rings. The lowest BCUT2D eigenvalue weighted by molar-refractivity contribution is 0.0393. The van der Waals surface area contributed by atoms with Crippen LogP contribution in [0.1, 0.15) is 193 Å². The number of hydrogen-bond donors (Lipinski definition) is 4. The molecule has 0 unspecified atom stereocenters. The Morgan fingerprint density at radius 1 is 0.490 bits per heavy atom. The van der Waals surface area contributed by atoms with Gasteiger partial charge in [-0.3, -0.25) is 0 Å². The van der Waals surface area contributed by atoms with Crippen LogP contribution in [0.15, 0.2) is 37.2 Å². The molecule has 0 bridgehead atoms. The zero-order valence-electron chi connectivity index (χ0n) is 38.7. The van der Waals surface area contributed by atoms with Gasteiger partial charge in [0.25, 0.3) is 0 Å². The fourth-order valence-corrected chi connectivity index (χ4v) is 3.46. The van der Waals surface area contributed by atoms with Gasteiger partial charge in [-0.2, -0.15) is 0 Å². The first kappa shape index (κ1) is 58.5. The van der Waals surface area contributed by atoms with Gasteiger partial charge in [0.05, 0.1) is 6.61 Å². The maximum absolute atomic E-state index is 5.53. The lowest BCUT2D eigenvalue weighted by atomic mass is 9.90. The van der Waals surface area contributed by atoms with Crippen molar-refractivity contribution < 1.29 is 9.47 Å². The quantitative estimate of drug-likeness (QED) is 0.159. The molecule has 0 saturated heterocycles. The van der Waals surface area contributed by atoms with Crippen molar-refractivity contribution in [2.24, 2.45) is 21.7 Å². The van der Waals surface area contributed by atoms with Gasteiger partial charge in [-0.05, 0) is 144 Å². The maximum atomic E-state index is 5.53. The second-order valence-electron chi connectivity index (χ2n) is 22.7. The van der Waals surface area contributed by atoms with Crippen LogP contribution in [0.5, 0.6) is 0 Å². The smallest absolute Gasteiger partial charge is 0.179 e. The Morgan fingerprint density at radius 2 is 0.902 bits per heavy atom. The molecule has 0 aromatic carbocycles. The summed E-state index contributed by atoms with van der Waals surface area (Å²) >= 11 is 0. The molecule has 51 heavy (non-hydrogen) atoms. The van der Waals surface area contributed by atoms with Crippen LogP contribution in [0.2, 0.25) is 0 Å². The Balaban J connectivity index is -0.000000184. The molecule has 0 aliphatic rings. The Hall–Kier alpha value is -1.82. The lowest BCUT2D eigenvalue weighted by Crippen LogP contribution is -2.37. The molecule has 0 amide bonds. The summed E-state index contributed by atoms with van der Waals surface area (Å²) in [6, 6.07) is 0. The monoisotopic (exact) mass is 727 g/mol. The van der Waals surface area contributed by atoms with Crippen LogP contribution in [-0.2, 0) is 9.47 Å². The Bertz CT molecular complexity index is 811. The van der Waals surface area contributed by atoms with Crippen LogP contribution in [0.25, 0.3) is 0 Å². The molecule has 6 nitrogen and oxygen atoms in total. The van der Waals surface area contributed by atoms with Crippen molar-refractivity contribution in [1.29, 1.82) is 0 Å². The van der Waals surface area contributed by atoms with E-state index in [1.807, 2.05) is 20.8 Å². The second kappa shape index (κ2) is 23.8. The first-order valence-electron chi connectivity index (χ1n) is 18.9. The van der Waals surface area contributed by atoms with Gasteiger partial charge in [-0.1, -0.05) is 97.1 Å². The summed E-state index contributed by atoms with van der Waals surface area (Å²) in [5.74, 6) is 1.31. The van der Waals surface area contributed by atoms with Crippen LogP contribution in [0.4, 0.5) is 0 Å².